The molecule has 4 heterocycles. The lowest BCUT2D eigenvalue weighted by Gasteiger charge is -2.28. The lowest BCUT2D eigenvalue weighted by molar-refractivity contribution is -0.135. The van der Waals surface area contributed by atoms with E-state index in [4.69, 9.17) is 31.0 Å². The zero-order chi connectivity index (χ0) is 43.3. The van der Waals surface area contributed by atoms with Crippen molar-refractivity contribution in [2.75, 3.05) is 27.3 Å². The van der Waals surface area contributed by atoms with Crippen molar-refractivity contribution in [3.8, 4) is 33.6 Å². The Morgan fingerprint density at radius 3 is 1.79 bits per heavy atom. The molecule has 318 valence electrons. The zero-order valence-electron chi connectivity index (χ0n) is 34.5. The number of imidazole rings is 2. The van der Waals surface area contributed by atoms with E-state index in [2.05, 4.69) is 27.5 Å². The molecule has 62 heavy (non-hydrogen) atoms. The van der Waals surface area contributed by atoms with Crippen LogP contribution in [0.5, 0.6) is 0 Å². The number of aromatic amines is 2. The summed E-state index contributed by atoms with van der Waals surface area (Å²) in [7, 11) is 2.54. The van der Waals surface area contributed by atoms with Crippen molar-refractivity contribution in [1.82, 2.24) is 40.4 Å². The minimum atomic E-state index is -0.933. The number of carbonyl (C=O) groups is 4. The maximum atomic E-state index is 14.1. The summed E-state index contributed by atoms with van der Waals surface area (Å²) < 4.78 is 9.67. The fraction of sp³-hybridized carbons (Fsp3) is 0.277. The van der Waals surface area contributed by atoms with Crippen molar-refractivity contribution in [3.05, 3.63) is 143 Å². The molecule has 14 nitrogen and oxygen atoms in total. The molecule has 2 aromatic heterocycles. The summed E-state index contributed by atoms with van der Waals surface area (Å²) in [6, 6.07) is 31.9. The van der Waals surface area contributed by atoms with E-state index in [1.165, 1.54) is 14.2 Å². The number of nitrogens with one attached hydrogen (secondary N) is 4. The molecule has 2 aliphatic heterocycles. The van der Waals surface area contributed by atoms with Crippen LogP contribution >= 0.6 is 11.6 Å². The second-order valence-electron chi connectivity index (χ2n) is 15.6. The van der Waals surface area contributed by atoms with Crippen LogP contribution in [0.2, 0.25) is 5.15 Å². The van der Waals surface area contributed by atoms with Gasteiger partial charge in [0.25, 0.3) is 11.8 Å². The predicted octanol–water partition coefficient (Wildman–Crippen LogP) is 8.55. The first kappa shape index (κ1) is 41.8. The Kier molecular flexibility index (Phi) is 12.4. The number of benzene rings is 4. The van der Waals surface area contributed by atoms with E-state index in [-0.39, 0.29) is 29.8 Å². The van der Waals surface area contributed by atoms with Crippen molar-refractivity contribution in [1.29, 1.82) is 0 Å². The number of hydrogen-bond acceptors (Lipinski definition) is 8. The summed E-state index contributed by atoms with van der Waals surface area (Å²) >= 11 is 6.79. The van der Waals surface area contributed by atoms with Crippen molar-refractivity contribution < 1.29 is 28.7 Å². The van der Waals surface area contributed by atoms with E-state index in [9.17, 15) is 19.2 Å². The van der Waals surface area contributed by atoms with Gasteiger partial charge in [0, 0.05) is 18.7 Å². The van der Waals surface area contributed by atoms with E-state index in [0.29, 0.717) is 53.1 Å². The molecule has 2 aliphatic rings. The molecule has 6 aromatic rings. The molecule has 4 amide bonds. The van der Waals surface area contributed by atoms with Gasteiger partial charge in [-0.25, -0.2) is 19.6 Å². The van der Waals surface area contributed by atoms with Crippen LogP contribution in [0.25, 0.3) is 33.6 Å². The topological polar surface area (TPSA) is 175 Å². The number of methoxy groups -OCH3 is 2. The first-order valence-corrected chi connectivity index (χ1v) is 20.9. The van der Waals surface area contributed by atoms with E-state index in [1.54, 1.807) is 28.1 Å². The van der Waals surface area contributed by atoms with Gasteiger partial charge in [-0.05, 0) is 53.0 Å². The standard InChI is InChI=1S/C47H47ClN8O6/c1-28-25-37(56(27-28)45(58)40(53-47(60)62-3)33-13-8-5-9-14-33)43-51-38(41(48)54-43)34-22-18-30(19-23-34)29-16-20-31(21-17-29)35-26-49-42(50-35)36-15-10-24-55(36)44(57)39(52-46(59)61-2)32-11-6-4-7-12-32/h4-9,11-14,16-23,26,28,36-37,39-40H,10,15,24-25,27H2,1-3H3,(H,49,50)(H,51,54)(H,52,59)(H,53,60). The van der Waals surface area contributed by atoms with E-state index < -0.39 is 24.3 Å². The van der Waals surface area contributed by atoms with Gasteiger partial charge in [0.1, 0.15) is 34.6 Å². The second-order valence-corrected chi connectivity index (χ2v) is 16.0. The number of alkyl carbamates (subject to hydrolysis) is 2. The van der Waals surface area contributed by atoms with Crippen molar-refractivity contribution in [3.63, 3.8) is 0 Å². The van der Waals surface area contributed by atoms with Crippen molar-refractivity contribution in [2.45, 2.75) is 50.4 Å². The van der Waals surface area contributed by atoms with Gasteiger partial charge in [0.05, 0.1) is 38.2 Å². The summed E-state index contributed by atoms with van der Waals surface area (Å²) in [6.07, 6.45) is 2.63. The lowest BCUT2D eigenvalue weighted by atomic mass is 10.0. The Balaban J connectivity index is 0.952. The van der Waals surface area contributed by atoms with Crippen LogP contribution in [0.1, 0.15) is 73.1 Å². The maximum Gasteiger partial charge on any atom is 0.407 e. The highest BCUT2D eigenvalue weighted by Crippen LogP contribution is 2.39. The van der Waals surface area contributed by atoms with Gasteiger partial charge >= 0.3 is 12.2 Å². The van der Waals surface area contributed by atoms with E-state index >= 15 is 0 Å². The average Bonchev–Trinajstić information content (AvgIpc) is 4.14. The zero-order valence-corrected chi connectivity index (χ0v) is 35.3. The van der Waals surface area contributed by atoms with Gasteiger partial charge in [-0.2, -0.15) is 0 Å². The molecule has 8 rings (SSSR count). The summed E-state index contributed by atoms with van der Waals surface area (Å²) in [5.41, 5.74) is 6.49. The Labute approximate surface area is 364 Å². The minimum absolute atomic E-state index is 0.191. The molecular weight excluding hydrogens is 808 g/mol. The summed E-state index contributed by atoms with van der Waals surface area (Å²) in [6.45, 7) is 3.12. The van der Waals surface area contributed by atoms with Crippen LogP contribution in [-0.4, -0.2) is 81.0 Å². The van der Waals surface area contributed by atoms with Crippen LogP contribution in [0.15, 0.2) is 115 Å². The third-order valence-corrected chi connectivity index (χ3v) is 11.8. The van der Waals surface area contributed by atoms with Gasteiger partial charge in [-0.1, -0.05) is 128 Å². The molecule has 0 bridgehead atoms. The van der Waals surface area contributed by atoms with Gasteiger partial charge in [-0.15, -0.1) is 0 Å². The quantitative estimate of drug-likeness (QED) is 0.100. The molecule has 5 unspecified atom stereocenters. The van der Waals surface area contributed by atoms with Crippen LogP contribution in [0.3, 0.4) is 0 Å². The highest BCUT2D eigenvalue weighted by atomic mass is 35.5. The molecule has 0 radical (unpaired) electrons. The number of likely N-dealkylation sites (tertiary alicyclic amines) is 2. The lowest BCUT2D eigenvalue weighted by Crippen LogP contribution is -2.43. The monoisotopic (exact) mass is 854 g/mol. The molecule has 5 atom stereocenters. The number of halogens is 1. The molecule has 4 aromatic carbocycles. The Hall–Kier alpha value is -6.93. The molecule has 2 fully saturated rings. The fourth-order valence-corrected chi connectivity index (χ4v) is 8.70. The number of amides is 4. The number of ether oxygens (including phenoxy) is 2. The molecule has 15 heteroatoms. The van der Waals surface area contributed by atoms with Gasteiger partial charge in [0.15, 0.2) is 0 Å². The first-order valence-electron chi connectivity index (χ1n) is 20.5. The van der Waals surface area contributed by atoms with Crippen LogP contribution in [-0.2, 0) is 19.1 Å². The third-order valence-electron chi connectivity index (χ3n) is 11.6. The largest absolute Gasteiger partial charge is 0.453 e. The fourth-order valence-electron chi connectivity index (χ4n) is 8.45. The molecule has 0 spiro atoms. The minimum Gasteiger partial charge on any atom is -0.453 e. The molecular formula is C47H47ClN8O6. The Bertz CT molecular complexity index is 2530. The number of nitrogens with zero attached hydrogens (tertiary/aromatic N) is 4. The number of rotatable bonds is 11. The number of aromatic nitrogens is 4. The Morgan fingerprint density at radius 2 is 1.23 bits per heavy atom. The first-order chi connectivity index (χ1) is 30.1. The van der Waals surface area contributed by atoms with Gasteiger partial charge < -0.3 is 39.9 Å². The van der Waals surface area contributed by atoms with Crippen molar-refractivity contribution >= 4 is 35.6 Å². The van der Waals surface area contributed by atoms with E-state index in [1.807, 2.05) is 97.1 Å². The van der Waals surface area contributed by atoms with Crippen molar-refractivity contribution in [2.24, 2.45) is 5.92 Å². The van der Waals surface area contributed by atoms with Gasteiger partial charge in [0.2, 0.25) is 0 Å². The number of carbonyl (C=O) groups excluding carboxylic acids is 4. The number of hydrogen-bond donors (Lipinski definition) is 4. The van der Waals surface area contributed by atoms with Gasteiger partial charge in [-0.3, -0.25) is 9.59 Å². The van der Waals surface area contributed by atoms with Crippen LogP contribution < -0.4 is 10.6 Å². The van der Waals surface area contributed by atoms with Crippen LogP contribution in [0, 0.1) is 5.92 Å². The molecule has 0 saturated carbocycles. The van der Waals surface area contributed by atoms with Crippen LogP contribution in [0.4, 0.5) is 9.59 Å². The van der Waals surface area contributed by atoms with E-state index in [0.717, 1.165) is 40.8 Å². The highest BCUT2D eigenvalue weighted by Gasteiger charge is 2.41. The normalized spacial score (nSPS) is 18.2. The number of H-pyrrole nitrogens is 2. The maximum absolute atomic E-state index is 14.1. The SMILES string of the molecule is COC(=O)NC(C(=O)N1CCCC1c1ncc(-c2ccc(-c3ccc(-c4nc(C5CC(C)CN5C(=O)C(NC(=O)OC)c5ccccc5)[nH]c4Cl)cc3)cc2)[nH]1)c1ccccc1. The third kappa shape index (κ3) is 8.77. The molecule has 4 N–H and O–H groups in total. The Morgan fingerprint density at radius 1 is 0.694 bits per heavy atom. The predicted molar refractivity (Wildman–Crippen MR) is 233 cm³/mol. The summed E-state index contributed by atoms with van der Waals surface area (Å²) in [4.78, 5) is 72.4. The summed E-state index contributed by atoms with van der Waals surface area (Å²) in [5, 5.41) is 5.79. The second kappa shape index (κ2) is 18.4. The molecule has 2 saturated heterocycles. The molecule has 0 aliphatic carbocycles. The highest BCUT2D eigenvalue weighted by molar-refractivity contribution is 6.32. The summed E-state index contributed by atoms with van der Waals surface area (Å²) in [5.74, 6) is 0.969. The smallest absolute Gasteiger partial charge is 0.407 e. The average molecular weight is 855 g/mol.